The van der Waals surface area contributed by atoms with Crippen molar-refractivity contribution in [1.29, 1.82) is 0 Å². The first-order valence-electron chi connectivity index (χ1n) is 3.02. The van der Waals surface area contributed by atoms with E-state index < -0.39 is 10.1 Å². The van der Waals surface area contributed by atoms with Gasteiger partial charge in [0, 0.05) is 0 Å². The van der Waals surface area contributed by atoms with E-state index in [9.17, 15) is 8.42 Å². The molecular weight excluding hydrogens is 191 g/mol. The molecule has 66 valence electrons. The number of benzene rings is 1. The average Bonchev–Trinajstić information content (AvgIpc) is 2.06. The molecule has 5 heteroatoms. The van der Waals surface area contributed by atoms with E-state index in [0.717, 1.165) is 7.11 Å². The summed E-state index contributed by atoms with van der Waals surface area (Å²) < 4.78 is 26.3. The van der Waals surface area contributed by atoms with Crippen LogP contribution in [0.3, 0.4) is 0 Å². The zero-order chi connectivity index (χ0) is 8.32. The van der Waals surface area contributed by atoms with Gasteiger partial charge in [-0.3, -0.25) is 4.18 Å². The number of hydrogen-bond donors (Lipinski definition) is 0. The lowest BCUT2D eigenvalue weighted by atomic mass is 10.4. The highest BCUT2D eigenvalue weighted by molar-refractivity contribution is 7.86. The van der Waals surface area contributed by atoms with Gasteiger partial charge in [-0.05, 0) is 12.1 Å². The van der Waals surface area contributed by atoms with Crippen molar-refractivity contribution in [2.75, 3.05) is 7.11 Å². The van der Waals surface area contributed by atoms with Crippen LogP contribution in [0.1, 0.15) is 0 Å². The summed E-state index contributed by atoms with van der Waals surface area (Å²) in [7, 11) is -2.36. The smallest absolute Gasteiger partial charge is 0.270 e. The summed E-state index contributed by atoms with van der Waals surface area (Å²) in [6.45, 7) is 0. The normalized spacial score (nSPS) is 10.4. The van der Waals surface area contributed by atoms with Crippen LogP contribution in [-0.2, 0) is 14.3 Å². The van der Waals surface area contributed by atoms with E-state index in [1.807, 2.05) is 0 Å². The summed E-state index contributed by atoms with van der Waals surface area (Å²) in [6, 6.07) is 8.00. The Balaban J connectivity index is 0.00000121. The molecule has 12 heavy (non-hydrogen) atoms. The number of hydrogen-bond acceptors (Lipinski definition) is 3. The fourth-order valence-corrected chi connectivity index (χ4v) is 1.37. The Bertz CT molecular complexity index is 320. The second-order valence-electron chi connectivity index (χ2n) is 1.93. The van der Waals surface area contributed by atoms with Gasteiger partial charge in [0.15, 0.2) is 17.4 Å². The minimum Gasteiger partial charge on any atom is -0.270 e. The molecule has 0 heterocycles. The zero-order valence-corrected chi connectivity index (χ0v) is 6.84. The molecule has 0 N–H and O–H groups in total. The molecule has 3 nitrogen and oxygen atoms in total. The monoisotopic (exact) mass is 202 g/mol. The molecule has 0 aliphatic heterocycles. The lowest BCUT2D eigenvalue weighted by molar-refractivity contribution is 0.398. The van der Waals surface area contributed by atoms with Gasteiger partial charge in [-0.2, -0.15) is 8.42 Å². The predicted octanol–water partition coefficient (Wildman–Crippen LogP) is -0.162. The Labute approximate surface area is 82.6 Å². The second kappa shape index (κ2) is 4.63. The third-order valence-corrected chi connectivity index (χ3v) is 2.54. The summed E-state index contributed by atoms with van der Waals surface area (Å²) in [5, 5.41) is 0. The van der Waals surface area contributed by atoms with Crippen molar-refractivity contribution >= 4 is 27.5 Å². The molecule has 0 atom stereocenters. The van der Waals surface area contributed by atoms with Crippen LogP contribution in [0.5, 0.6) is 0 Å². The third-order valence-electron chi connectivity index (χ3n) is 1.25. The minimum absolute atomic E-state index is 0. The van der Waals surface area contributed by atoms with Crippen LogP contribution in [0.2, 0.25) is 0 Å². The molecule has 0 aliphatic carbocycles. The Morgan fingerprint density at radius 1 is 1.17 bits per heavy atom. The predicted molar refractivity (Wildman–Crippen MR) is 50.6 cm³/mol. The third kappa shape index (κ3) is 2.61. The standard InChI is InChI=1S/C7H8O3S.Al.3H/c1-10-11(8,9)7-5-3-2-4-6-7;;;;/h2-6H,1H3;;;;. The molecule has 0 saturated heterocycles. The van der Waals surface area contributed by atoms with E-state index in [4.69, 9.17) is 0 Å². The molecule has 0 amide bonds. The summed E-state index contributed by atoms with van der Waals surface area (Å²) in [6.07, 6.45) is 0. The zero-order valence-electron chi connectivity index (χ0n) is 6.02. The SMILES string of the molecule is COS(=O)(=O)c1ccccc1.[AlH3]. The maximum atomic E-state index is 11.0. The van der Waals surface area contributed by atoms with Crippen LogP contribution in [0.25, 0.3) is 0 Å². The second-order valence-corrected chi connectivity index (χ2v) is 3.65. The average molecular weight is 202 g/mol. The maximum absolute atomic E-state index is 11.0. The molecule has 0 saturated carbocycles. The maximum Gasteiger partial charge on any atom is 0.296 e. The van der Waals surface area contributed by atoms with Crippen molar-refractivity contribution < 1.29 is 12.6 Å². The first-order chi connectivity index (χ1) is 5.17. The van der Waals surface area contributed by atoms with Gasteiger partial charge in [0.05, 0.1) is 12.0 Å². The van der Waals surface area contributed by atoms with Crippen LogP contribution in [-0.4, -0.2) is 32.9 Å². The van der Waals surface area contributed by atoms with Gasteiger partial charge >= 0.3 is 0 Å². The van der Waals surface area contributed by atoms with Crippen molar-refractivity contribution in [2.45, 2.75) is 4.90 Å². The van der Waals surface area contributed by atoms with Crippen LogP contribution in [0, 0.1) is 0 Å². The molecule has 0 radical (unpaired) electrons. The Morgan fingerprint density at radius 2 is 1.67 bits per heavy atom. The Morgan fingerprint density at radius 3 is 2.08 bits per heavy atom. The van der Waals surface area contributed by atoms with Crippen LogP contribution >= 0.6 is 0 Å². The van der Waals surface area contributed by atoms with E-state index in [-0.39, 0.29) is 22.3 Å². The molecule has 0 bridgehead atoms. The molecule has 1 rings (SSSR count). The minimum atomic E-state index is -3.50. The highest BCUT2D eigenvalue weighted by atomic mass is 32.2. The Hall–Kier alpha value is -0.338. The van der Waals surface area contributed by atoms with Crippen LogP contribution in [0.4, 0.5) is 0 Å². The quantitative estimate of drug-likeness (QED) is 0.494. The van der Waals surface area contributed by atoms with E-state index in [1.165, 1.54) is 12.1 Å². The first-order valence-corrected chi connectivity index (χ1v) is 4.43. The molecule has 0 fully saturated rings. The van der Waals surface area contributed by atoms with Crippen molar-refractivity contribution in [2.24, 2.45) is 0 Å². The highest BCUT2D eigenvalue weighted by Crippen LogP contribution is 2.09. The molecule has 0 spiro atoms. The summed E-state index contributed by atoms with van der Waals surface area (Å²) in [5.41, 5.74) is 0. The largest absolute Gasteiger partial charge is 0.296 e. The van der Waals surface area contributed by atoms with E-state index in [0.29, 0.717) is 0 Å². The first kappa shape index (κ1) is 11.7. The lowest BCUT2D eigenvalue weighted by Crippen LogP contribution is -2.01. The molecule has 0 unspecified atom stereocenters. The van der Waals surface area contributed by atoms with Crippen LogP contribution in [0.15, 0.2) is 35.2 Å². The summed E-state index contributed by atoms with van der Waals surface area (Å²) in [5.74, 6) is 0. The lowest BCUT2D eigenvalue weighted by Gasteiger charge is -1.98. The van der Waals surface area contributed by atoms with Gasteiger partial charge in [-0.15, -0.1) is 0 Å². The van der Waals surface area contributed by atoms with Crippen LogP contribution < -0.4 is 0 Å². The van der Waals surface area contributed by atoms with Gasteiger partial charge in [-0.25, -0.2) is 0 Å². The highest BCUT2D eigenvalue weighted by Gasteiger charge is 2.10. The van der Waals surface area contributed by atoms with E-state index in [2.05, 4.69) is 4.18 Å². The van der Waals surface area contributed by atoms with Gasteiger partial charge in [0.1, 0.15) is 0 Å². The molecule has 1 aromatic rings. The van der Waals surface area contributed by atoms with E-state index in [1.54, 1.807) is 18.2 Å². The summed E-state index contributed by atoms with van der Waals surface area (Å²) in [4.78, 5) is 0.183. The van der Waals surface area contributed by atoms with Gasteiger partial charge in [0.25, 0.3) is 10.1 Å². The topological polar surface area (TPSA) is 43.4 Å². The Kier molecular flexibility index (Phi) is 4.50. The van der Waals surface area contributed by atoms with Crippen molar-refractivity contribution in [3.05, 3.63) is 30.3 Å². The molecular formula is C7H11AlO3S. The van der Waals surface area contributed by atoms with Gasteiger partial charge < -0.3 is 0 Å². The van der Waals surface area contributed by atoms with Crippen molar-refractivity contribution in [3.63, 3.8) is 0 Å². The molecule has 1 aromatic carbocycles. The number of rotatable bonds is 2. The van der Waals surface area contributed by atoms with E-state index >= 15 is 0 Å². The molecule has 0 aliphatic rings. The van der Waals surface area contributed by atoms with Crippen molar-refractivity contribution in [3.8, 4) is 0 Å². The summed E-state index contributed by atoms with van der Waals surface area (Å²) >= 11 is 0. The fourth-order valence-electron chi connectivity index (χ4n) is 0.683. The fraction of sp³-hybridized carbons (Fsp3) is 0.143. The molecule has 0 aromatic heterocycles. The van der Waals surface area contributed by atoms with Gasteiger partial charge in [0.2, 0.25) is 0 Å². The van der Waals surface area contributed by atoms with Gasteiger partial charge in [-0.1, -0.05) is 18.2 Å². The van der Waals surface area contributed by atoms with Crippen molar-refractivity contribution in [1.82, 2.24) is 0 Å².